The first kappa shape index (κ1) is 14.1. The SMILES string of the molecule is CC(C)(C)OC(=O)[C@]1(Cl)CCc2ccccc2C1=O. The van der Waals surface area contributed by atoms with E-state index in [9.17, 15) is 9.59 Å². The van der Waals surface area contributed by atoms with Crippen molar-refractivity contribution < 1.29 is 14.3 Å². The van der Waals surface area contributed by atoms with Gasteiger partial charge in [-0.25, -0.2) is 4.79 Å². The minimum Gasteiger partial charge on any atom is -0.458 e. The van der Waals surface area contributed by atoms with Crippen LogP contribution in [0.25, 0.3) is 0 Å². The van der Waals surface area contributed by atoms with Crippen molar-refractivity contribution in [2.45, 2.75) is 44.1 Å². The summed E-state index contributed by atoms with van der Waals surface area (Å²) in [6.07, 6.45) is 0.879. The van der Waals surface area contributed by atoms with Crippen molar-refractivity contribution in [1.82, 2.24) is 0 Å². The van der Waals surface area contributed by atoms with Gasteiger partial charge < -0.3 is 4.74 Å². The maximum absolute atomic E-state index is 12.4. The van der Waals surface area contributed by atoms with Crippen molar-refractivity contribution in [2.75, 3.05) is 0 Å². The number of ether oxygens (including phenoxy) is 1. The zero-order valence-corrected chi connectivity index (χ0v) is 12.1. The van der Waals surface area contributed by atoms with Gasteiger partial charge >= 0.3 is 5.97 Å². The molecule has 19 heavy (non-hydrogen) atoms. The van der Waals surface area contributed by atoms with Gasteiger partial charge in [0.05, 0.1) is 0 Å². The molecule has 0 amide bonds. The Morgan fingerprint density at radius 2 is 1.95 bits per heavy atom. The Balaban J connectivity index is 2.32. The van der Waals surface area contributed by atoms with Crippen LogP contribution in [-0.2, 0) is 16.0 Å². The second-order valence-electron chi connectivity index (χ2n) is 5.79. The number of hydrogen-bond donors (Lipinski definition) is 0. The molecule has 1 aliphatic carbocycles. The quantitative estimate of drug-likeness (QED) is 0.451. The number of carbonyl (C=O) groups excluding carboxylic acids is 2. The van der Waals surface area contributed by atoms with Gasteiger partial charge in [0.1, 0.15) is 5.60 Å². The molecule has 0 saturated carbocycles. The number of carbonyl (C=O) groups is 2. The van der Waals surface area contributed by atoms with E-state index in [1.807, 2.05) is 12.1 Å². The van der Waals surface area contributed by atoms with E-state index in [2.05, 4.69) is 0 Å². The lowest BCUT2D eigenvalue weighted by molar-refractivity contribution is -0.156. The Bertz CT molecular complexity index is 530. The van der Waals surface area contributed by atoms with Crippen molar-refractivity contribution in [2.24, 2.45) is 0 Å². The first-order valence-corrected chi connectivity index (χ1v) is 6.67. The van der Waals surface area contributed by atoms with Gasteiger partial charge in [-0.2, -0.15) is 0 Å². The highest BCUT2D eigenvalue weighted by atomic mass is 35.5. The number of rotatable bonds is 1. The smallest absolute Gasteiger partial charge is 0.335 e. The molecule has 0 heterocycles. The Morgan fingerprint density at radius 1 is 1.32 bits per heavy atom. The molecule has 1 aromatic rings. The molecule has 3 nitrogen and oxygen atoms in total. The van der Waals surface area contributed by atoms with Crippen LogP contribution in [0.1, 0.15) is 43.1 Å². The number of esters is 1. The highest BCUT2D eigenvalue weighted by Gasteiger charge is 2.49. The lowest BCUT2D eigenvalue weighted by atomic mass is 9.82. The second-order valence-corrected chi connectivity index (χ2v) is 6.43. The van der Waals surface area contributed by atoms with E-state index in [1.165, 1.54) is 0 Å². The Hall–Kier alpha value is -1.35. The molecule has 1 aromatic carbocycles. The van der Waals surface area contributed by atoms with Gasteiger partial charge in [0, 0.05) is 5.56 Å². The van der Waals surface area contributed by atoms with Gasteiger partial charge in [0.25, 0.3) is 0 Å². The number of halogens is 1. The van der Waals surface area contributed by atoms with Crippen molar-refractivity contribution in [3.8, 4) is 0 Å². The van der Waals surface area contributed by atoms with E-state index in [0.717, 1.165) is 5.56 Å². The first-order valence-electron chi connectivity index (χ1n) is 6.29. The summed E-state index contributed by atoms with van der Waals surface area (Å²) >= 11 is 6.29. The van der Waals surface area contributed by atoms with E-state index in [-0.39, 0.29) is 12.2 Å². The maximum Gasteiger partial charge on any atom is 0.335 e. The molecule has 0 radical (unpaired) electrons. The fourth-order valence-corrected chi connectivity index (χ4v) is 2.38. The summed E-state index contributed by atoms with van der Waals surface area (Å²) in [7, 11) is 0. The zero-order chi connectivity index (χ0) is 14.3. The van der Waals surface area contributed by atoms with Crippen LogP contribution in [0, 0.1) is 0 Å². The van der Waals surface area contributed by atoms with E-state index >= 15 is 0 Å². The van der Waals surface area contributed by atoms with Crippen LogP contribution in [0.5, 0.6) is 0 Å². The summed E-state index contributed by atoms with van der Waals surface area (Å²) in [5.41, 5.74) is 0.804. The van der Waals surface area contributed by atoms with Gasteiger partial charge in [-0.1, -0.05) is 35.9 Å². The Morgan fingerprint density at radius 3 is 2.58 bits per heavy atom. The molecule has 0 saturated heterocycles. The lowest BCUT2D eigenvalue weighted by Crippen LogP contribution is -2.48. The summed E-state index contributed by atoms with van der Waals surface area (Å²) in [5.74, 6) is -1.01. The van der Waals surface area contributed by atoms with Crippen LogP contribution in [0.2, 0.25) is 0 Å². The fraction of sp³-hybridized carbons (Fsp3) is 0.467. The molecule has 1 aliphatic rings. The summed E-state index contributed by atoms with van der Waals surface area (Å²) in [6.45, 7) is 5.27. The Labute approximate surface area is 117 Å². The molecule has 0 spiro atoms. The van der Waals surface area contributed by atoms with Crippen LogP contribution >= 0.6 is 11.6 Å². The third-order valence-corrected chi connectivity index (χ3v) is 3.60. The van der Waals surface area contributed by atoms with Gasteiger partial charge in [0.15, 0.2) is 5.78 Å². The average Bonchev–Trinajstić information content (AvgIpc) is 2.32. The first-order chi connectivity index (χ1) is 8.74. The molecule has 0 unspecified atom stereocenters. The third kappa shape index (κ3) is 2.66. The maximum atomic E-state index is 12.4. The minimum absolute atomic E-state index is 0.277. The molecule has 1 atom stereocenters. The van der Waals surface area contributed by atoms with E-state index in [1.54, 1.807) is 32.9 Å². The second kappa shape index (κ2) is 4.64. The molecule has 4 heteroatoms. The van der Waals surface area contributed by atoms with Crippen LogP contribution < -0.4 is 0 Å². The van der Waals surface area contributed by atoms with E-state index in [4.69, 9.17) is 16.3 Å². The number of fused-ring (bicyclic) bond motifs is 1. The van der Waals surface area contributed by atoms with Gasteiger partial charge in [-0.3, -0.25) is 4.79 Å². The fourth-order valence-electron chi connectivity index (χ4n) is 2.15. The van der Waals surface area contributed by atoms with Gasteiger partial charge in [-0.15, -0.1) is 0 Å². The van der Waals surface area contributed by atoms with Crippen molar-refractivity contribution >= 4 is 23.4 Å². The number of Topliss-reactive ketones (excluding diaryl/α,β-unsaturated/α-hetero) is 1. The van der Waals surface area contributed by atoms with Gasteiger partial charge in [0.2, 0.25) is 4.87 Å². The predicted molar refractivity (Wildman–Crippen MR) is 73.5 cm³/mol. The van der Waals surface area contributed by atoms with Crippen molar-refractivity contribution in [1.29, 1.82) is 0 Å². The molecule has 0 bridgehead atoms. The van der Waals surface area contributed by atoms with Crippen LogP contribution in [-0.4, -0.2) is 22.2 Å². The van der Waals surface area contributed by atoms with Crippen molar-refractivity contribution in [3.63, 3.8) is 0 Å². The van der Waals surface area contributed by atoms with Crippen LogP contribution in [0.3, 0.4) is 0 Å². The third-order valence-electron chi connectivity index (χ3n) is 3.08. The topological polar surface area (TPSA) is 43.4 Å². The van der Waals surface area contributed by atoms with Crippen LogP contribution in [0.15, 0.2) is 24.3 Å². The summed E-state index contributed by atoms with van der Waals surface area (Å²) in [4.78, 5) is 23.0. The molecule has 0 N–H and O–H groups in total. The molecule has 0 aliphatic heterocycles. The molecular formula is C15H17ClO3. The summed E-state index contributed by atoms with van der Waals surface area (Å²) < 4.78 is 5.27. The number of hydrogen-bond acceptors (Lipinski definition) is 3. The molecule has 0 fully saturated rings. The van der Waals surface area contributed by atoms with Crippen LogP contribution in [0.4, 0.5) is 0 Å². The minimum atomic E-state index is -1.58. The standard InChI is InChI=1S/C15H17ClO3/c1-14(2,3)19-13(18)15(16)9-8-10-6-4-5-7-11(10)12(15)17/h4-7H,8-9H2,1-3H3/t15-/m0/s1. The zero-order valence-electron chi connectivity index (χ0n) is 11.3. The van der Waals surface area contributed by atoms with Crippen molar-refractivity contribution in [3.05, 3.63) is 35.4 Å². The molecule has 0 aromatic heterocycles. The lowest BCUT2D eigenvalue weighted by Gasteiger charge is -2.32. The van der Waals surface area contributed by atoms with E-state index in [0.29, 0.717) is 12.0 Å². The highest BCUT2D eigenvalue weighted by Crippen LogP contribution is 2.35. The normalized spacial score (nSPS) is 22.8. The molecule has 102 valence electrons. The molecule has 2 rings (SSSR count). The van der Waals surface area contributed by atoms with Gasteiger partial charge in [-0.05, 0) is 39.2 Å². The number of ketones is 1. The number of benzene rings is 1. The monoisotopic (exact) mass is 280 g/mol. The van der Waals surface area contributed by atoms with E-state index < -0.39 is 16.4 Å². The average molecular weight is 281 g/mol. The highest BCUT2D eigenvalue weighted by molar-refractivity contribution is 6.48. The summed E-state index contributed by atoms with van der Waals surface area (Å²) in [5, 5.41) is 0. The predicted octanol–water partition coefficient (Wildman–Crippen LogP) is 3.13. The number of aryl methyl sites for hydroxylation is 1. The number of alkyl halides is 1. The largest absolute Gasteiger partial charge is 0.458 e. The Kier molecular flexibility index (Phi) is 3.43. The summed E-state index contributed by atoms with van der Waals surface area (Å²) in [6, 6.07) is 7.24. The molecular weight excluding hydrogens is 264 g/mol.